The highest BCUT2D eigenvalue weighted by Gasteiger charge is 2.30. The van der Waals surface area contributed by atoms with E-state index in [2.05, 4.69) is 4.72 Å². The van der Waals surface area contributed by atoms with E-state index in [4.69, 9.17) is 10.5 Å². The minimum Gasteiger partial charge on any atom is -0.383 e. The first kappa shape index (κ1) is 18.1. The summed E-state index contributed by atoms with van der Waals surface area (Å²) in [6.45, 7) is 2.22. The van der Waals surface area contributed by atoms with E-state index >= 15 is 0 Å². The van der Waals surface area contributed by atoms with Crippen molar-refractivity contribution in [1.29, 1.82) is 0 Å². The maximum absolute atomic E-state index is 12.0. The molecular weight excluding hydrogens is 276 g/mol. The monoisotopic (exact) mass is 300 g/mol. The van der Waals surface area contributed by atoms with Gasteiger partial charge in [0.15, 0.2) is 0 Å². The standard InChI is InChI=1S/C11H24N2O3S.ClH/c1-9(8-16-2)17(14,15)13-11(7-12)10-5-3-4-6-10;/h9-11,13H,3-8,12H2,1-2H3;1H. The Morgan fingerprint density at radius 2 is 1.94 bits per heavy atom. The van der Waals surface area contributed by atoms with E-state index in [1.54, 1.807) is 6.92 Å². The van der Waals surface area contributed by atoms with Gasteiger partial charge in [-0.15, -0.1) is 12.4 Å². The average molecular weight is 301 g/mol. The molecule has 1 rings (SSSR count). The lowest BCUT2D eigenvalue weighted by Crippen LogP contribution is -2.48. The van der Waals surface area contributed by atoms with Gasteiger partial charge < -0.3 is 10.5 Å². The van der Waals surface area contributed by atoms with Gasteiger partial charge in [-0.05, 0) is 25.7 Å². The van der Waals surface area contributed by atoms with Crippen LogP contribution in [0.15, 0.2) is 0 Å². The molecule has 0 bridgehead atoms. The quantitative estimate of drug-likeness (QED) is 0.731. The highest BCUT2D eigenvalue weighted by atomic mass is 35.5. The van der Waals surface area contributed by atoms with E-state index in [1.165, 1.54) is 20.0 Å². The van der Waals surface area contributed by atoms with Crippen molar-refractivity contribution in [2.75, 3.05) is 20.3 Å². The summed E-state index contributed by atoms with van der Waals surface area (Å²) >= 11 is 0. The number of hydrogen-bond donors (Lipinski definition) is 2. The Kier molecular flexibility index (Phi) is 8.38. The minimum absolute atomic E-state index is 0. The fourth-order valence-corrected chi connectivity index (χ4v) is 3.61. The zero-order valence-electron chi connectivity index (χ0n) is 11.1. The molecule has 1 saturated carbocycles. The lowest BCUT2D eigenvalue weighted by atomic mass is 9.99. The predicted octanol–water partition coefficient (Wildman–Crippen LogP) is 0.880. The largest absolute Gasteiger partial charge is 0.383 e. The average Bonchev–Trinajstić information content (AvgIpc) is 2.79. The van der Waals surface area contributed by atoms with Gasteiger partial charge in [0, 0.05) is 19.7 Å². The predicted molar refractivity (Wildman–Crippen MR) is 75.4 cm³/mol. The van der Waals surface area contributed by atoms with Gasteiger partial charge in [0.1, 0.15) is 0 Å². The lowest BCUT2D eigenvalue weighted by molar-refractivity contribution is 0.199. The normalized spacial score (nSPS) is 20.4. The Hall–Kier alpha value is 0.120. The Labute approximate surface area is 116 Å². The van der Waals surface area contributed by atoms with Crippen molar-refractivity contribution in [3.05, 3.63) is 0 Å². The number of nitrogens with two attached hydrogens (primary N) is 1. The molecule has 3 N–H and O–H groups in total. The summed E-state index contributed by atoms with van der Waals surface area (Å²) in [4.78, 5) is 0. The molecule has 0 aromatic heterocycles. The van der Waals surface area contributed by atoms with Gasteiger partial charge in [0.2, 0.25) is 10.0 Å². The molecule has 1 fully saturated rings. The summed E-state index contributed by atoms with van der Waals surface area (Å²) in [6, 6.07) is -0.123. The van der Waals surface area contributed by atoms with Gasteiger partial charge in [-0.1, -0.05) is 12.8 Å². The smallest absolute Gasteiger partial charge is 0.216 e. The molecule has 0 aromatic carbocycles. The van der Waals surface area contributed by atoms with Crippen LogP contribution in [-0.2, 0) is 14.8 Å². The third-order valence-corrected chi connectivity index (χ3v) is 5.30. The first-order valence-corrected chi connectivity index (χ1v) is 7.76. The van der Waals surface area contributed by atoms with E-state index in [9.17, 15) is 8.42 Å². The van der Waals surface area contributed by atoms with Gasteiger partial charge >= 0.3 is 0 Å². The maximum atomic E-state index is 12.0. The molecule has 110 valence electrons. The van der Waals surface area contributed by atoms with Crippen LogP contribution >= 0.6 is 12.4 Å². The van der Waals surface area contributed by atoms with Gasteiger partial charge in [-0.2, -0.15) is 0 Å². The Balaban J connectivity index is 0.00000289. The van der Waals surface area contributed by atoms with Crippen molar-refractivity contribution in [1.82, 2.24) is 4.72 Å². The van der Waals surface area contributed by atoms with E-state index in [-0.39, 0.29) is 25.1 Å². The number of ether oxygens (including phenoxy) is 1. The minimum atomic E-state index is -3.33. The molecule has 2 unspecified atom stereocenters. The molecule has 0 aromatic rings. The van der Waals surface area contributed by atoms with Gasteiger partial charge in [0.25, 0.3) is 0 Å². The molecule has 1 aliphatic rings. The Morgan fingerprint density at radius 3 is 2.39 bits per heavy atom. The molecule has 0 spiro atoms. The van der Waals surface area contributed by atoms with Crippen LogP contribution in [0.3, 0.4) is 0 Å². The van der Waals surface area contributed by atoms with Crippen LogP contribution in [0.5, 0.6) is 0 Å². The summed E-state index contributed by atoms with van der Waals surface area (Å²) in [5, 5.41) is -0.539. The number of sulfonamides is 1. The van der Waals surface area contributed by atoms with Crippen molar-refractivity contribution < 1.29 is 13.2 Å². The number of nitrogens with one attached hydrogen (secondary N) is 1. The van der Waals surface area contributed by atoms with E-state index in [0.29, 0.717) is 12.5 Å². The molecule has 5 nitrogen and oxygen atoms in total. The topological polar surface area (TPSA) is 81.4 Å². The first-order valence-electron chi connectivity index (χ1n) is 6.21. The molecule has 0 heterocycles. The molecule has 2 atom stereocenters. The second-order valence-electron chi connectivity index (χ2n) is 4.82. The number of hydrogen-bond acceptors (Lipinski definition) is 4. The highest BCUT2D eigenvalue weighted by Crippen LogP contribution is 2.27. The second-order valence-corrected chi connectivity index (χ2v) is 6.95. The van der Waals surface area contributed by atoms with Crippen LogP contribution in [0, 0.1) is 5.92 Å². The summed E-state index contributed by atoms with van der Waals surface area (Å²) < 4.78 is 31.6. The van der Waals surface area contributed by atoms with Gasteiger partial charge in [0.05, 0.1) is 11.9 Å². The summed E-state index contributed by atoms with van der Waals surface area (Å²) in [6.07, 6.45) is 4.50. The van der Waals surface area contributed by atoms with Crippen LogP contribution < -0.4 is 10.5 Å². The molecular formula is C11H25ClN2O3S. The molecule has 1 aliphatic carbocycles. The Morgan fingerprint density at radius 1 is 1.39 bits per heavy atom. The van der Waals surface area contributed by atoms with Crippen molar-refractivity contribution in [3.8, 4) is 0 Å². The van der Waals surface area contributed by atoms with E-state index in [1.807, 2.05) is 0 Å². The summed E-state index contributed by atoms with van der Waals surface area (Å²) in [7, 11) is -1.82. The van der Waals surface area contributed by atoms with Crippen LogP contribution in [-0.4, -0.2) is 40.0 Å². The highest BCUT2D eigenvalue weighted by molar-refractivity contribution is 7.90. The maximum Gasteiger partial charge on any atom is 0.216 e. The van der Waals surface area contributed by atoms with Gasteiger partial charge in [-0.25, -0.2) is 13.1 Å². The SMILES string of the molecule is COCC(C)S(=O)(=O)NC(CN)C1CCCC1.Cl. The number of rotatable bonds is 7. The van der Waals surface area contributed by atoms with Crippen LogP contribution in [0.1, 0.15) is 32.6 Å². The molecule has 0 amide bonds. The third kappa shape index (κ3) is 5.01. The number of methoxy groups -OCH3 is 1. The van der Waals surface area contributed by atoms with Crippen LogP contribution in [0.4, 0.5) is 0 Å². The fourth-order valence-electron chi connectivity index (χ4n) is 2.35. The molecule has 0 radical (unpaired) electrons. The van der Waals surface area contributed by atoms with Crippen LogP contribution in [0.25, 0.3) is 0 Å². The lowest BCUT2D eigenvalue weighted by Gasteiger charge is -2.24. The second kappa shape index (κ2) is 8.32. The fraction of sp³-hybridized carbons (Fsp3) is 1.00. The van der Waals surface area contributed by atoms with E-state index in [0.717, 1.165) is 12.8 Å². The molecule has 7 heteroatoms. The molecule has 0 aliphatic heterocycles. The van der Waals surface area contributed by atoms with Gasteiger partial charge in [-0.3, -0.25) is 0 Å². The molecule has 18 heavy (non-hydrogen) atoms. The van der Waals surface area contributed by atoms with Crippen molar-refractivity contribution in [3.63, 3.8) is 0 Å². The van der Waals surface area contributed by atoms with Crippen LogP contribution in [0.2, 0.25) is 0 Å². The summed E-state index contributed by atoms with van der Waals surface area (Å²) in [5.41, 5.74) is 5.68. The van der Waals surface area contributed by atoms with Crippen molar-refractivity contribution >= 4 is 22.4 Å². The number of halogens is 1. The zero-order valence-corrected chi connectivity index (χ0v) is 12.7. The third-order valence-electron chi connectivity index (χ3n) is 3.47. The zero-order chi connectivity index (χ0) is 12.9. The Bertz CT molecular complexity index is 318. The van der Waals surface area contributed by atoms with E-state index < -0.39 is 15.3 Å². The van der Waals surface area contributed by atoms with Crippen molar-refractivity contribution in [2.24, 2.45) is 11.7 Å². The molecule has 0 saturated heterocycles. The van der Waals surface area contributed by atoms with Crippen molar-refractivity contribution in [2.45, 2.75) is 43.9 Å². The summed E-state index contributed by atoms with van der Waals surface area (Å²) in [5.74, 6) is 0.393. The first-order chi connectivity index (χ1) is 8.01.